The Morgan fingerprint density at radius 2 is 1.76 bits per heavy atom. The number of piperazine rings is 1. The maximum absolute atomic E-state index is 6.43. The molecule has 2 aromatic carbocycles. The Labute approximate surface area is 237 Å². The van der Waals surface area contributed by atoms with E-state index in [0.717, 1.165) is 63.4 Å². The zero-order valence-corrected chi connectivity index (χ0v) is 23.8. The Hall–Kier alpha value is -2.38. The van der Waals surface area contributed by atoms with Crippen molar-refractivity contribution in [2.75, 3.05) is 39.3 Å². The lowest BCUT2D eigenvalue weighted by Gasteiger charge is -2.35. The first-order valence-electron chi connectivity index (χ1n) is 13.4. The minimum absolute atomic E-state index is 0.537. The molecule has 1 aliphatic rings. The number of halogens is 2. The van der Waals surface area contributed by atoms with E-state index in [9.17, 15) is 0 Å². The third-order valence-electron chi connectivity index (χ3n) is 7.28. The van der Waals surface area contributed by atoms with Crippen molar-refractivity contribution in [3.05, 3.63) is 94.2 Å². The van der Waals surface area contributed by atoms with Crippen LogP contribution in [-0.2, 0) is 19.6 Å². The molecule has 0 spiro atoms. The number of allylic oxidation sites excluding steroid dienone is 3. The van der Waals surface area contributed by atoms with Crippen LogP contribution >= 0.6 is 23.2 Å². The predicted molar refractivity (Wildman–Crippen MR) is 163 cm³/mol. The fourth-order valence-corrected chi connectivity index (χ4v) is 5.51. The Bertz CT molecular complexity index is 1320. The molecule has 38 heavy (non-hydrogen) atoms. The molecule has 0 amide bonds. The van der Waals surface area contributed by atoms with Gasteiger partial charge < -0.3 is 16.0 Å². The average Bonchev–Trinajstić information content (AvgIpc) is 3.32. The molecule has 0 radical (unpaired) electrons. The molecule has 0 bridgehead atoms. The van der Waals surface area contributed by atoms with Crippen LogP contribution < -0.4 is 11.5 Å². The van der Waals surface area contributed by atoms with Crippen molar-refractivity contribution in [3.63, 3.8) is 0 Å². The molecule has 5 nitrogen and oxygen atoms in total. The number of nitrogens with zero attached hydrogens (tertiary/aromatic N) is 3. The van der Waals surface area contributed by atoms with Gasteiger partial charge in [0.05, 0.1) is 0 Å². The number of rotatable bonds is 11. The molecule has 4 N–H and O–H groups in total. The smallest absolute Gasteiger partial charge is 0.0486 e. The Morgan fingerprint density at radius 3 is 2.45 bits per heavy atom. The van der Waals surface area contributed by atoms with Gasteiger partial charge in [-0.3, -0.25) is 9.80 Å². The summed E-state index contributed by atoms with van der Waals surface area (Å²) < 4.78 is 2.34. The molecule has 0 atom stereocenters. The molecule has 1 fully saturated rings. The number of aromatic nitrogens is 1. The Kier molecular flexibility index (Phi) is 10.3. The van der Waals surface area contributed by atoms with Crippen molar-refractivity contribution in [2.45, 2.75) is 33.0 Å². The molecular weight excluding hydrogens is 513 g/mol. The molecule has 0 saturated carbocycles. The topological polar surface area (TPSA) is 63.5 Å². The minimum Gasteiger partial charge on any atom is -0.347 e. The highest BCUT2D eigenvalue weighted by Crippen LogP contribution is 2.33. The van der Waals surface area contributed by atoms with E-state index in [2.05, 4.69) is 69.6 Å². The van der Waals surface area contributed by atoms with Crippen molar-refractivity contribution >= 4 is 34.1 Å². The minimum atomic E-state index is 0.537. The second kappa shape index (κ2) is 13.6. The Morgan fingerprint density at radius 1 is 1.00 bits per heavy atom. The zero-order valence-electron chi connectivity index (χ0n) is 22.3. The zero-order chi connectivity index (χ0) is 27.1. The lowest BCUT2D eigenvalue weighted by atomic mass is 10.0. The summed E-state index contributed by atoms with van der Waals surface area (Å²) in [5.41, 5.74) is 18.9. The van der Waals surface area contributed by atoms with Crippen LogP contribution in [0.1, 0.15) is 24.5 Å². The van der Waals surface area contributed by atoms with Crippen molar-refractivity contribution < 1.29 is 0 Å². The monoisotopic (exact) mass is 551 g/mol. The number of aryl methyl sites for hydroxylation is 1. The summed E-state index contributed by atoms with van der Waals surface area (Å²) in [6.07, 6.45) is 6.78. The lowest BCUT2D eigenvalue weighted by molar-refractivity contribution is 0.135. The van der Waals surface area contributed by atoms with Gasteiger partial charge in [-0.25, -0.2) is 0 Å². The van der Waals surface area contributed by atoms with Crippen LogP contribution in [0.3, 0.4) is 0 Å². The predicted octanol–water partition coefficient (Wildman–Crippen LogP) is 6.05. The van der Waals surface area contributed by atoms with E-state index >= 15 is 0 Å². The Balaban J connectivity index is 1.51. The van der Waals surface area contributed by atoms with Crippen molar-refractivity contribution in [1.29, 1.82) is 0 Å². The maximum atomic E-state index is 6.43. The lowest BCUT2D eigenvalue weighted by Crippen LogP contribution is -2.46. The fourth-order valence-electron chi connectivity index (χ4n) is 5.14. The molecule has 3 aromatic rings. The maximum Gasteiger partial charge on any atom is 0.0486 e. The van der Waals surface area contributed by atoms with E-state index in [1.807, 2.05) is 13.0 Å². The number of nitrogens with two attached hydrogens (primary N) is 2. The van der Waals surface area contributed by atoms with Crippen molar-refractivity contribution in [1.82, 2.24) is 14.4 Å². The standard InChI is InChI=1S/C31H39Cl2N5/c1-3-29(32)28(30(33)4-2)21-37-15-13-36(14-16-37)20-24-9-10-31-26(18-24)27(22-38(31)12-6-11-34)25-8-5-7-23(17-25)19-35/h3-5,7-10,17-18,22H,1,6,11-16,19-21,34-35H2,2H3/b29-28+,30-4+. The third kappa shape index (κ3) is 6.78. The molecule has 0 aliphatic carbocycles. The first-order valence-corrected chi connectivity index (χ1v) is 14.1. The molecule has 2 heterocycles. The number of hydrogen-bond acceptors (Lipinski definition) is 4. The molecule has 1 aliphatic heterocycles. The van der Waals surface area contributed by atoms with E-state index in [1.165, 1.54) is 27.6 Å². The van der Waals surface area contributed by atoms with E-state index in [1.54, 1.807) is 6.08 Å². The molecule has 1 saturated heterocycles. The van der Waals surface area contributed by atoms with Gasteiger partial charge in [0.25, 0.3) is 0 Å². The van der Waals surface area contributed by atoms with Gasteiger partial charge in [-0.1, -0.05) is 66.2 Å². The number of benzene rings is 2. The van der Waals surface area contributed by atoms with Gasteiger partial charge in [0.1, 0.15) is 0 Å². The van der Waals surface area contributed by atoms with Crippen LogP contribution in [0.25, 0.3) is 22.0 Å². The third-order valence-corrected chi connectivity index (χ3v) is 8.11. The highest BCUT2D eigenvalue weighted by atomic mass is 35.5. The van der Waals surface area contributed by atoms with E-state index in [4.69, 9.17) is 34.7 Å². The van der Waals surface area contributed by atoms with Gasteiger partial charge in [-0.05, 0) is 54.8 Å². The summed E-state index contributed by atoms with van der Waals surface area (Å²) in [4.78, 5) is 4.93. The number of hydrogen-bond donors (Lipinski definition) is 2. The highest BCUT2D eigenvalue weighted by Gasteiger charge is 2.20. The average molecular weight is 553 g/mol. The molecular formula is C31H39Cl2N5. The van der Waals surface area contributed by atoms with Crippen molar-refractivity contribution in [3.8, 4) is 11.1 Å². The van der Waals surface area contributed by atoms with Crippen LogP contribution in [0.5, 0.6) is 0 Å². The summed E-state index contributed by atoms with van der Waals surface area (Å²) in [6.45, 7) is 13.4. The SMILES string of the molecule is C=C/C(Cl)=C(CN1CCN(Cc2ccc3c(c2)c(-c2cccc(CN)c2)cn3CCCN)CC1)\C(Cl)=C/C. The normalized spacial score (nSPS) is 16.2. The van der Waals surface area contributed by atoms with Gasteiger partial charge in [-0.15, -0.1) is 0 Å². The summed E-state index contributed by atoms with van der Waals surface area (Å²) in [6, 6.07) is 15.5. The quantitative estimate of drug-likeness (QED) is 0.284. The van der Waals surface area contributed by atoms with Crippen LogP contribution in [0.4, 0.5) is 0 Å². The summed E-state index contributed by atoms with van der Waals surface area (Å²) in [5.74, 6) is 0. The van der Waals surface area contributed by atoms with E-state index in [0.29, 0.717) is 23.2 Å². The summed E-state index contributed by atoms with van der Waals surface area (Å²) in [5, 5.41) is 2.59. The number of fused-ring (bicyclic) bond motifs is 1. The fraction of sp³-hybridized carbons (Fsp3) is 0.355. The van der Waals surface area contributed by atoms with E-state index < -0.39 is 0 Å². The van der Waals surface area contributed by atoms with Crippen LogP contribution in [0.15, 0.2) is 83.0 Å². The van der Waals surface area contributed by atoms with Gasteiger partial charge in [0.2, 0.25) is 0 Å². The largest absolute Gasteiger partial charge is 0.347 e. The first kappa shape index (κ1) is 28.6. The second-order valence-corrected chi connectivity index (χ2v) is 10.7. The van der Waals surface area contributed by atoms with Crippen LogP contribution in [0.2, 0.25) is 0 Å². The van der Waals surface area contributed by atoms with Crippen molar-refractivity contribution in [2.24, 2.45) is 11.5 Å². The molecule has 202 valence electrons. The molecule has 4 rings (SSSR count). The van der Waals surface area contributed by atoms with E-state index in [-0.39, 0.29) is 0 Å². The van der Waals surface area contributed by atoms with Gasteiger partial charge >= 0.3 is 0 Å². The highest BCUT2D eigenvalue weighted by molar-refractivity contribution is 6.36. The van der Waals surface area contributed by atoms with Crippen LogP contribution in [0, 0.1) is 0 Å². The second-order valence-electron chi connectivity index (χ2n) is 9.85. The summed E-state index contributed by atoms with van der Waals surface area (Å²) >= 11 is 12.8. The molecule has 7 heteroatoms. The molecule has 0 unspecified atom stereocenters. The van der Waals surface area contributed by atoms with Gasteiger partial charge in [-0.2, -0.15) is 0 Å². The first-order chi connectivity index (χ1) is 18.5. The van der Waals surface area contributed by atoms with Gasteiger partial charge in [0.15, 0.2) is 0 Å². The van der Waals surface area contributed by atoms with Gasteiger partial charge in [0, 0.05) is 90.7 Å². The molecule has 1 aromatic heterocycles. The summed E-state index contributed by atoms with van der Waals surface area (Å²) in [7, 11) is 0. The van der Waals surface area contributed by atoms with Crippen LogP contribution in [-0.4, -0.2) is 53.6 Å².